The maximum absolute atomic E-state index is 13.7. The fraction of sp³-hybridized carbons (Fsp3) is 0.613. The maximum atomic E-state index is 13.7. The highest BCUT2D eigenvalue weighted by molar-refractivity contribution is 7.90. The van der Waals surface area contributed by atoms with Crippen LogP contribution in [-0.2, 0) is 10.0 Å². The van der Waals surface area contributed by atoms with E-state index in [4.69, 9.17) is 4.98 Å². The van der Waals surface area contributed by atoms with Gasteiger partial charge in [-0.1, -0.05) is 13.0 Å². The Hall–Kier alpha value is -3.55. The molecule has 3 aliphatic heterocycles. The molecule has 1 saturated carbocycles. The average molecular weight is 646 g/mol. The van der Waals surface area contributed by atoms with Gasteiger partial charge in [-0.25, -0.2) is 28.3 Å². The fourth-order valence-electron chi connectivity index (χ4n) is 7.14. The van der Waals surface area contributed by atoms with Gasteiger partial charge < -0.3 is 15.1 Å². The van der Waals surface area contributed by atoms with Gasteiger partial charge in [-0.2, -0.15) is 8.42 Å². The number of carbonyl (C=O) groups excluding carboxylic acids is 2. The molecule has 2 aromatic rings. The number of anilines is 3. The lowest BCUT2D eigenvalue weighted by molar-refractivity contribution is -0.0473. The van der Waals surface area contributed by atoms with Crippen LogP contribution in [0.15, 0.2) is 35.4 Å². The summed E-state index contributed by atoms with van der Waals surface area (Å²) < 4.78 is 56.1. The minimum absolute atomic E-state index is 0.0239. The highest BCUT2D eigenvalue weighted by atomic mass is 32.2. The molecule has 3 fully saturated rings. The summed E-state index contributed by atoms with van der Waals surface area (Å²) in [6, 6.07) is 7.44. The molecule has 5 heterocycles. The van der Waals surface area contributed by atoms with Gasteiger partial charge in [0.15, 0.2) is 5.03 Å². The zero-order chi connectivity index (χ0) is 32.1. The first-order chi connectivity index (χ1) is 21.2. The monoisotopic (exact) mass is 645 g/mol. The van der Waals surface area contributed by atoms with Crippen molar-refractivity contribution in [3.63, 3.8) is 0 Å². The lowest BCUT2D eigenvalue weighted by Gasteiger charge is -2.34. The highest BCUT2D eigenvalue weighted by Gasteiger charge is 2.44. The Labute approximate surface area is 262 Å². The number of hydrogen-bond donors (Lipinski definition) is 2. The molecule has 2 saturated heterocycles. The molecule has 0 aromatic carbocycles. The number of nitrogens with one attached hydrogen (secondary N) is 2. The van der Waals surface area contributed by atoms with E-state index in [0.29, 0.717) is 68.9 Å². The van der Waals surface area contributed by atoms with Crippen LogP contribution in [0, 0.1) is 17.8 Å². The summed E-state index contributed by atoms with van der Waals surface area (Å²) in [6.07, 6.45) is 2.12. The number of sulfonamides is 1. The third kappa shape index (κ3) is 6.43. The van der Waals surface area contributed by atoms with Gasteiger partial charge in [0, 0.05) is 51.1 Å². The van der Waals surface area contributed by atoms with Crippen molar-refractivity contribution in [3.8, 4) is 0 Å². The van der Waals surface area contributed by atoms with Gasteiger partial charge in [0.25, 0.3) is 15.9 Å². The molecule has 14 heteroatoms. The Bertz CT molecular complexity index is 1580. The van der Waals surface area contributed by atoms with E-state index in [1.54, 1.807) is 28.0 Å². The Balaban J connectivity index is 1.32. The van der Waals surface area contributed by atoms with Gasteiger partial charge in [-0.15, -0.1) is 0 Å². The number of carbonyl (C=O) groups is 2. The smallest absolute Gasteiger partial charge is 0.325 e. The number of aromatic nitrogens is 2. The molecule has 4 bridgehead atoms. The van der Waals surface area contributed by atoms with Crippen LogP contribution in [0.3, 0.4) is 0 Å². The molecule has 0 spiro atoms. The fourth-order valence-corrected chi connectivity index (χ4v) is 8.07. The van der Waals surface area contributed by atoms with E-state index >= 15 is 0 Å². The van der Waals surface area contributed by atoms with Crippen LogP contribution in [0.25, 0.3) is 0 Å². The lowest BCUT2D eigenvalue weighted by Crippen LogP contribution is -2.41. The number of fused-ring (bicyclic) bond motifs is 6. The van der Waals surface area contributed by atoms with Gasteiger partial charge >= 0.3 is 6.03 Å². The molecule has 3 amide bonds. The molecule has 0 radical (unpaired) electrons. The second-order valence-corrected chi connectivity index (χ2v) is 15.2. The molecule has 1 aliphatic carbocycles. The zero-order valence-corrected chi connectivity index (χ0v) is 26.7. The first-order valence-electron chi connectivity index (χ1n) is 15.7. The van der Waals surface area contributed by atoms with E-state index in [1.807, 2.05) is 0 Å². The summed E-state index contributed by atoms with van der Waals surface area (Å²) in [6.45, 7) is 8.80. The summed E-state index contributed by atoms with van der Waals surface area (Å²) in [7, 11) is -4.30. The number of nitrogens with zero attached hydrogens (tertiary/aromatic N) is 5. The van der Waals surface area contributed by atoms with Crippen LogP contribution in [0.4, 0.5) is 31.0 Å². The molecular formula is C31H41F2N7O4S. The van der Waals surface area contributed by atoms with E-state index in [-0.39, 0.29) is 41.3 Å². The SMILES string of the molecule is C[C@H]1CCNc2cccc(n2)S(=O)(=O)NC(=O)c2ccc(N3CCN(CC4CCC(F)(F)CC4)C3=O)nc2N2C[C@@H]1CC2(C)C. The van der Waals surface area contributed by atoms with E-state index in [9.17, 15) is 26.8 Å². The van der Waals surface area contributed by atoms with E-state index < -0.39 is 27.4 Å². The van der Waals surface area contributed by atoms with Gasteiger partial charge in [0.1, 0.15) is 17.5 Å². The summed E-state index contributed by atoms with van der Waals surface area (Å²) >= 11 is 0. The number of hydrogen-bond acceptors (Lipinski definition) is 8. The Morgan fingerprint density at radius 1 is 1.02 bits per heavy atom. The second-order valence-electron chi connectivity index (χ2n) is 13.6. The van der Waals surface area contributed by atoms with Crippen molar-refractivity contribution in [3.05, 3.63) is 35.9 Å². The van der Waals surface area contributed by atoms with Crippen LogP contribution in [0.5, 0.6) is 0 Å². The number of rotatable bonds is 3. The quantitative estimate of drug-likeness (QED) is 0.491. The third-order valence-electron chi connectivity index (χ3n) is 9.89. The summed E-state index contributed by atoms with van der Waals surface area (Å²) in [4.78, 5) is 41.6. The van der Waals surface area contributed by atoms with Crippen LogP contribution in [0.1, 0.15) is 69.7 Å². The molecule has 2 atom stereocenters. The predicted molar refractivity (Wildman–Crippen MR) is 166 cm³/mol. The first-order valence-corrected chi connectivity index (χ1v) is 17.2. The molecule has 2 aromatic heterocycles. The van der Waals surface area contributed by atoms with E-state index in [2.05, 4.69) is 40.7 Å². The molecule has 2 N–H and O–H groups in total. The van der Waals surface area contributed by atoms with Crippen molar-refractivity contribution in [2.45, 2.75) is 75.8 Å². The second kappa shape index (κ2) is 11.7. The molecule has 6 rings (SSSR count). The largest absolute Gasteiger partial charge is 0.370 e. The van der Waals surface area contributed by atoms with E-state index in [0.717, 1.165) is 12.8 Å². The Morgan fingerprint density at radius 3 is 2.53 bits per heavy atom. The van der Waals surface area contributed by atoms with Crippen molar-refractivity contribution in [1.82, 2.24) is 19.6 Å². The van der Waals surface area contributed by atoms with Crippen LogP contribution < -0.4 is 19.8 Å². The molecule has 11 nitrogen and oxygen atoms in total. The Kier molecular flexibility index (Phi) is 8.15. The van der Waals surface area contributed by atoms with Crippen molar-refractivity contribution in [2.24, 2.45) is 17.8 Å². The maximum Gasteiger partial charge on any atom is 0.325 e. The van der Waals surface area contributed by atoms with Gasteiger partial charge in [-0.3, -0.25) is 9.69 Å². The van der Waals surface area contributed by atoms with Crippen molar-refractivity contribution in [1.29, 1.82) is 0 Å². The van der Waals surface area contributed by atoms with Gasteiger partial charge in [0.05, 0.1) is 5.56 Å². The van der Waals surface area contributed by atoms with Gasteiger partial charge in [0.2, 0.25) is 5.92 Å². The lowest BCUT2D eigenvalue weighted by atomic mass is 9.86. The minimum Gasteiger partial charge on any atom is -0.370 e. The average Bonchev–Trinajstić information content (AvgIpc) is 3.51. The molecule has 45 heavy (non-hydrogen) atoms. The standard InChI is InChI=1S/C31H41F2N7O4S/c1-20-11-14-34-24-5-4-6-26(35-24)45(43,44)37-28(41)23-7-8-25(36-27(23)40-19-22(20)17-30(40,2)3)39-16-15-38(29(39)42)18-21-9-12-31(32,33)13-10-21/h4-8,20-22H,9-19H2,1-3H3,(H,34,35)(H,37,41)/t20-,22-/m0/s1. The van der Waals surface area contributed by atoms with Gasteiger partial charge in [-0.05, 0) is 81.5 Å². The number of halogens is 2. The van der Waals surface area contributed by atoms with Crippen LogP contribution >= 0.6 is 0 Å². The Morgan fingerprint density at radius 2 is 1.78 bits per heavy atom. The normalized spacial score (nSPS) is 26.5. The van der Waals surface area contributed by atoms with E-state index in [1.165, 1.54) is 12.1 Å². The number of amides is 3. The molecule has 244 valence electrons. The zero-order valence-electron chi connectivity index (χ0n) is 25.9. The van der Waals surface area contributed by atoms with Crippen molar-refractivity contribution in [2.75, 3.05) is 47.8 Å². The molecule has 0 unspecified atom stereocenters. The van der Waals surface area contributed by atoms with Crippen molar-refractivity contribution >= 4 is 39.4 Å². The number of pyridine rings is 2. The summed E-state index contributed by atoms with van der Waals surface area (Å²) in [5, 5.41) is 2.94. The topological polar surface area (TPSA) is 128 Å². The molecular weight excluding hydrogens is 604 g/mol. The van der Waals surface area contributed by atoms with Crippen LogP contribution in [-0.4, -0.2) is 79.4 Å². The molecule has 4 aliphatic rings. The highest BCUT2D eigenvalue weighted by Crippen LogP contribution is 2.42. The van der Waals surface area contributed by atoms with Crippen LogP contribution in [0.2, 0.25) is 0 Å². The number of alkyl halides is 2. The minimum atomic E-state index is -4.30. The number of urea groups is 1. The third-order valence-corrected chi connectivity index (χ3v) is 11.1. The summed E-state index contributed by atoms with van der Waals surface area (Å²) in [5.41, 5.74) is -0.321. The predicted octanol–water partition coefficient (Wildman–Crippen LogP) is 4.72. The summed E-state index contributed by atoms with van der Waals surface area (Å²) in [5.74, 6) is -1.76. The van der Waals surface area contributed by atoms with Crippen molar-refractivity contribution < 1.29 is 26.8 Å². The first kappa shape index (κ1) is 31.4.